The van der Waals surface area contributed by atoms with Gasteiger partial charge in [-0.2, -0.15) is 0 Å². The maximum atomic E-state index is 12.9. The van der Waals surface area contributed by atoms with Crippen LogP contribution in [0.3, 0.4) is 0 Å². The van der Waals surface area contributed by atoms with Crippen molar-refractivity contribution in [1.29, 1.82) is 0 Å². The average Bonchev–Trinajstić information content (AvgIpc) is 2.73. The van der Waals surface area contributed by atoms with Gasteiger partial charge in [0.1, 0.15) is 0 Å². The molecule has 2 heterocycles. The Kier molecular flexibility index (Phi) is 5.31. The minimum atomic E-state index is 0.0332. The van der Waals surface area contributed by atoms with E-state index in [1.807, 2.05) is 53.4 Å². The molecule has 144 valence electrons. The van der Waals surface area contributed by atoms with Crippen LogP contribution in [-0.2, 0) is 6.54 Å². The van der Waals surface area contributed by atoms with E-state index in [1.165, 1.54) is 0 Å². The first-order valence-corrected chi connectivity index (χ1v) is 9.85. The number of carbonyl (C=O) groups is 1. The zero-order valence-electron chi connectivity index (χ0n) is 15.8. The highest BCUT2D eigenvalue weighted by Gasteiger charge is 2.22. The van der Waals surface area contributed by atoms with Gasteiger partial charge >= 0.3 is 0 Å². The van der Waals surface area contributed by atoms with E-state index >= 15 is 0 Å². The molecule has 1 saturated heterocycles. The standard InChI is InChI=1S/C22H23ClN4O/c1-14-13-27(9-8-25-14)22(28)17-6-7-18-19(23)11-20(26-21(18)10-17)16-4-2-15(12-24)3-5-16/h2-7,10-11,14,25H,8-9,12-13,24H2,1H3/t14-/m1/s1. The molecule has 5 nitrogen and oxygen atoms in total. The maximum absolute atomic E-state index is 12.9. The Morgan fingerprint density at radius 1 is 1.25 bits per heavy atom. The first-order valence-electron chi connectivity index (χ1n) is 9.47. The van der Waals surface area contributed by atoms with Gasteiger partial charge in [-0.15, -0.1) is 0 Å². The fourth-order valence-electron chi connectivity index (χ4n) is 3.58. The monoisotopic (exact) mass is 394 g/mol. The maximum Gasteiger partial charge on any atom is 0.254 e. The number of amides is 1. The second-order valence-electron chi connectivity index (χ2n) is 7.23. The van der Waals surface area contributed by atoms with Gasteiger partial charge in [-0.1, -0.05) is 41.9 Å². The van der Waals surface area contributed by atoms with E-state index in [4.69, 9.17) is 22.3 Å². The van der Waals surface area contributed by atoms with Crippen molar-refractivity contribution in [2.45, 2.75) is 19.5 Å². The molecule has 1 fully saturated rings. The lowest BCUT2D eigenvalue weighted by atomic mass is 10.1. The van der Waals surface area contributed by atoms with E-state index in [9.17, 15) is 4.79 Å². The number of hydrogen-bond donors (Lipinski definition) is 2. The number of rotatable bonds is 3. The lowest BCUT2D eigenvalue weighted by molar-refractivity contribution is 0.0709. The minimum Gasteiger partial charge on any atom is -0.336 e. The summed E-state index contributed by atoms with van der Waals surface area (Å²) in [6, 6.07) is 15.7. The number of piperazine rings is 1. The van der Waals surface area contributed by atoms with Gasteiger partial charge in [0, 0.05) is 48.7 Å². The highest BCUT2D eigenvalue weighted by Crippen LogP contribution is 2.29. The van der Waals surface area contributed by atoms with Crippen molar-refractivity contribution in [3.8, 4) is 11.3 Å². The molecule has 1 aromatic heterocycles. The van der Waals surface area contributed by atoms with Crippen molar-refractivity contribution in [2.24, 2.45) is 5.73 Å². The van der Waals surface area contributed by atoms with Crippen LogP contribution in [0.25, 0.3) is 22.2 Å². The Labute approximate surface area is 169 Å². The van der Waals surface area contributed by atoms with Crippen LogP contribution >= 0.6 is 11.6 Å². The summed E-state index contributed by atoms with van der Waals surface area (Å²) in [4.78, 5) is 19.6. The van der Waals surface area contributed by atoms with Crippen LogP contribution in [0.2, 0.25) is 5.02 Å². The predicted octanol–water partition coefficient (Wildman–Crippen LogP) is 3.45. The number of carbonyl (C=O) groups excluding carboxylic acids is 1. The Hall–Kier alpha value is -2.47. The molecular weight excluding hydrogens is 372 g/mol. The molecule has 6 heteroatoms. The largest absolute Gasteiger partial charge is 0.336 e. The molecule has 0 spiro atoms. The van der Waals surface area contributed by atoms with E-state index in [1.54, 1.807) is 0 Å². The highest BCUT2D eigenvalue weighted by molar-refractivity contribution is 6.35. The molecule has 0 unspecified atom stereocenters. The molecule has 0 saturated carbocycles. The molecule has 1 atom stereocenters. The fraction of sp³-hybridized carbons (Fsp3) is 0.273. The number of nitrogens with one attached hydrogen (secondary N) is 1. The summed E-state index contributed by atoms with van der Waals surface area (Å²) in [5, 5.41) is 4.82. The molecular formula is C22H23ClN4O. The van der Waals surface area contributed by atoms with Gasteiger partial charge in [0.2, 0.25) is 0 Å². The fourth-order valence-corrected chi connectivity index (χ4v) is 3.84. The lowest BCUT2D eigenvalue weighted by Gasteiger charge is -2.32. The molecule has 28 heavy (non-hydrogen) atoms. The van der Waals surface area contributed by atoms with E-state index in [2.05, 4.69) is 12.2 Å². The lowest BCUT2D eigenvalue weighted by Crippen LogP contribution is -2.51. The number of nitrogens with zero attached hydrogens (tertiary/aromatic N) is 2. The number of hydrogen-bond acceptors (Lipinski definition) is 4. The van der Waals surface area contributed by atoms with Crippen LogP contribution in [0.5, 0.6) is 0 Å². The van der Waals surface area contributed by atoms with Crippen molar-refractivity contribution in [1.82, 2.24) is 15.2 Å². The molecule has 1 amide bonds. The Bertz CT molecular complexity index is 1020. The third-order valence-electron chi connectivity index (χ3n) is 5.15. The number of benzene rings is 2. The van der Waals surface area contributed by atoms with Crippen molar-refractivity contribution >= 4 is 28.4 Å². The number of aromatic nitrogens is 1. The van der Waals surface area contributed by atoms with Crippen molar-refractivity contribution in [3.63, 3.8) is 0 Å². The summed E-state index contributed by atoms with van der Waals surface area (Å²) in [6.07, 6.45) is 0. The molecule has 3 aromatic rings. The third-order valence-corrected chi connectivity index (χ3v) is 5.46. The summed E-state index contributed by atoms with van der Waals surface area (Å²) in [5.74, 6) is 0.0332. The number of halogens is 1. The van der Waals surface area contributed by atoms with E-state index in [0.717, 1.165) is 34.3 Å². The van der Waals surface area contributed by atoms with Gasteiger partial charge in [0.15, 0.2) is 0 Å². The van der Waals surface area contributed by atoms with Crippen LogP contribution in [0.1, 0.15) is 22.8 Å². The van der Waals surface area contributed by atoms with Crippen LogP contribution < -0.4 is 11.1 Å². The van der Waals surface area contributed by atoms with Gasteiger partial charge in [0.25, 0.3) is 5.91 Å². The number of pyridine rings is 1. The van der Waals surface area contributed by atoms with Crippen LogP contribution in [0, 0.1) is 0 Å². The molecule has 1 aliphatic heterocycles. The Morgan fingerprint density at radius 3 is 2.75 bits per heavy atom. The molecule has 2 aromatic carbocycles. The zero-order chi connectivity index (χ0) is 19.7. The zero-order valence-corrected chi connectivity index (χ0v) is 16.5. The predicted molar refractivity (Wildman–Crippen MR) is 113 cm³/mol. The Morgan fingerprint density at radius 2 is 2.04 bits per heavy atom. The van der Waals surface area contributed by atoms with Gasteiger partial charge in [-0.3, -0.25) is 4.79 Å². The summed E-state index contributed by atoms with van der Waals surface area (Å²) >= 11 is 6.51. The minimum absolute atomic E-state index is 0.0332. The van der Waals surface area contributed by atoms with Crippen molar-refractivity contribution < 1.29 is 4.79 Å². The third kappa shape index (κ3) is 3.74. The van der Waals surface area contributed by atoms with E-state index in [0.29, 0.717) is 36.3 Å². The second kappa shape index (κ2) is 7.87. The highest BCUT2D eigenvalue weighted by atomic mass is 35.5. The normalized spacial score (nSPS) is 17.1. The van der Waals surface area contributed by atoms with Gasteiger partial charge in [-0.25, -0.2) is 4.98 Å². The summed E-state index contributed by atoms with van der Waals surface area (Å²) in [7, 11) is 0. The molecule has 4 rings (SSSR count). The first-order chi connectivity index (χ1) is 13.5. The topological polar surface area (TPSA) is 71.2 Å². The summed E-state index contributed by atoms with van der Waals surface area (Å²) in [5.41, 5.74) is 9.85. The SMILES string of the molecule is C[C@@H]1CN(C(=O)c2ccc3c(Cl)cc(-c4ccc(CN)cc4)nc3c2)CCN1. The molecule has 0 bridgehead atoms. The average molecular weight is 395 g/mol. The molecule has 0 aliphatic carbocycles. The second-order valence-corrected chi connectivity index (χ2v) is 7.64. The Balaban J connectivity index is 1.70. The van der Waals surface area contributed by atoms with Crippen LogP contribution in [0.4, 0.5) is 0 Å². The van der Waals surface area contributed by atoms with Gasteiger partial charge < -0.3 is 16.0 Å². The molecule has 1 aliphatic rings. The quantitative estimate of drug-likeness (QED) is 0.713. The summed E-state index contributed by atoms with van der Waals surface area (Å²) < 4.78 is 0. The van der Waals surface area contributed by atoms with Crippen LogP contribution in [-0.4, -0.2) is 41.5 Å². The number of fused-ring (bicyclic) bond motifs is 1. The molecule has 0 radical (unpaired) electrons. The van der Waals surface area contributed by atoms with Crippen LogP contribution in [0.15, 0.2) is 48.5 Å². The first kappa shape index (κ1) is 18.9. The van der Waals surface area contributed by atoms with E-state index < -0.39 is 0 Å². The smallest absolute Gasteiger partial charge is 0.254 e. The summed E-state index contributed by atoms with van der Waals surface area (Å²) in [6.45, 7) is 4.82. The number of nitrogens with two attached hydrogens (primary N) is 1. The van der Waals surface area contributed by atoms with Gasteiger partial charge in [0.05, 0.1) is 16.2 Å². The van der Waals surface area contributed by atoms with Crippen molar-refractivity contribution in [3.05, 3.63) is 64.7 Å². The molecule has 3 N–H and O–H groups in total. The van der Waals surface area contributed by atoms with Crippen molar-refractivity contribution in [2.75, 3.05) is 19.6 Å². The van der Waals surface area contributed by atoms with E-state index in [-0.39, 0.29) is 5.91 Å². The van der Waals surface area contributed by atoms with Gasteiger partial charge in [-0.05, 0) is 30.7 Å².